The highest BCUT2D eigenvalue weighted by molar-refractivity contribution is 6.38. The number of halogens is 2. The van der Waals surface area contributed by atoms with Crippen molar-refractivity contribution in [2.75, 3.05) is 0 Å². The minimum Gasteiger partial charge on any atom is -0.343 e. The van der Waals surface area contributed by atoms with Crippen LogP contribution in [-0.4, -0.2) is 4.57 Å². The van der Waals surface area contributed by atoms with Crippen molar-refractivity contribution in [1.29, 1.82) is 0 Å². The standard InChI is InChI=1S/C18H17Cl2N/c1-12(2)14-5-3-13(4-6-14)11-21-8-7-16-17(20)9-15(19)10-18(16)21/h3-10,12H,11H2,1-2H3. The second kappa shape index (κ2) is 5.75. The van der Waals surface area contributed by atoms with Crippen LogP contribution < -0.4 is 0 Å². The molecule has 0 aliphatic carbocycles. The summed E-state index contributed by atoms with van der Waals surface area (Å²) in [6, 6.07) is 14.6. The highest BCUT2D eigenvalue weighted by atomic mass is 35.5. The van der Waals surface area contributed by atoms with E-state index in [4.69, 9.17) is 23.2 Å². The van der Waals surface area contributed by atoms with Crippen LogP contribution in [0.1, 0.15) is 30.9 Å². The molecule has 0 saturated carbocycles. The minimum absolute atomic E-state index is 0.559. The Morgan fingerprint density at radius 3 is 2.38 bits per heavy atom. The van der Waals surface area contributed by atoms with Gasteiger partial charge in [0.25, 0.3) is 0 Å². The molecule has 0 fully saturated rings. The maximum atomic E-state index is 6.24. The lowest BCUT2D eigenvalue weighted by Crippen LogP contribution is -1.98. The van der Waals surface area contributed by atoms with E-state index >= 15 is 0 Å². The van der Waals surface area contributed by atoms with Gasteiger partial charge in [0, 0.05) is 23.2 Å². The van der Waals surface area contributed by atoms with Crippen LogP contribution in [0.2, 0.25) is 10.0 Å². The molecule has 0 aliphatic rings. The molecule has 0 spiro atoms. The van der Waals surface area contributed by atoms with E-state index in [2.05, 4.69) is 48.9 Å². The number of hydrogen-bond donors (Lipinski definition) is 0. The molecule has 3 aromatic rings. The summed E-state index contributed by atoms with van der Waals surface area (Å²) in [4.78, 5) is 0. The summed E-state index contributed by atoms with van der Waals surface area (Å²) in [6.07, 6.45) is 2.06. The van der Waals surface area contributed by atoms with Crippen molar-refractivity contribution in [1.82, 2.24) is 4.57 Å². The second-order valence-corrected chi connectivity index (χ2v) is 6.50. The Kier molecular flexibility index (Phi) is 3.97. The van der Waals surface area contributed by atoms with Crippen LogP contribution in [0.4, 0.5) is 0 Å². The van der Waals surface area contributed by atoms with Gasteiger partial charge in [-0.15, -0.1) is 0 Å². The Bertz CT molecular complexity index is 770. The molecule has 1 aromatic heterocycles. The third-order valence-corrected chi connectivity index (χ3v) is 4.33. The Morgan fingerprint density at radius 2 is 1.71 bits per heavy atom. The Morgan fingerprint density at radius 1 is 1.00 bits per heavy atom. The number of nitrogens with zero attached hydrogens (tertiary/aromatic N) is 1. The van der Waals surface area contributed by atoms with Gasteiger partial charge in [-0.1, -0.05) is 61.3 Å². The first-order valence-electron chi connectivity index (χ1n) is 7.07. The number of benzene rings is 2. The lowest BCUT2D eigenvalue weighted by molar-refractivity contribution is 0.829. The van der Waals surface area contributed by atoms with Crippen molar-refractivity contribution in [3.8, 4) is 0 Å². The fourth-order valence-electron chi connectivity index (χ4n) is 2.56. The highest BCUT2D eigenvalue weighted by Gasteiger charge is 2.07. The first kappa shape index (κ1) is 14.5. The smallest absolute Gasteiger partial charge is 0.0514 e. The highest BCUT2D eigenvalue weighted by Crippen LogP contribution is 2.29. The molecule has 21 heavy (non-hydrogen) atoms. The maximum absolute atomic E-state index is 6.24. The van der Waals surface area contributed by atoms with Gasteiger partial charge in [0.1, 0.15) is 0 Å². The molecule has 108 valence electrons. The van der Waals surface area contributed by atoms with Gasteiger partial charge in [0.05, 0.1) is 10.5 Å². The summed E-state index contributed by atoms with van der Waals surface area (Å²) in [5.74, 6) is 0.559. The maximum Gasteiger partial charge on any atom is 0.0514 e. The van der Waals surface area contributed by atoms with Gasteiger partial charge in [-0.2, -0.15) is 0 Å². The summed E-state index contributed by atoms with van der Waals surface area (Å²) in [6.45, 7) is 5.23. The van der Waals surface area contributed by atoms with Crippen molar-refractivity contribution in [2.24, 2.45) is 0 Å². The van der Waals surface area contributed by atoms with Crippen molar-refractivity contribution >= 4 is 34.1 Å². The molecular weight excluding hydrogens is 301 g/mol. The zero-order chi connectivity index (χ0) is 15.0. The van der Waals surface area contributed by atoms with Crippen LogP contribution in [0.25, 0.3) is 10.9 Å². The summed E-state index contributed by atoms with van der Waals surface area (Å²) in [7, 11) is 0. The predicted octanol–water partition coefficient (Wildman–Crippen LogP) is 6.12. The molecular formula is C18H17Cl2N. The largest absolute Gasteiger partial charge is 0.343 e. The number of rotatable bonds is 3. The molecule has 0 saturated heterocycles. The third kappa shape index (κ3) is 2.95. The van der Waals surface area contributed by atoms with Gasteiger partial charge in [-0.05, 0) is 35.2 Å². The lowest BCUT2D eigenvalue weighted by Gasteiger charge is -2.09. The van der Waals surface area contributed by atoms with Gasteiger partial charge >= 0.3 is 0 Å². The molecule has 1 heterocycles. The van der Waals surface area contributed by atoms with Crippen LogP contribution >= 0.6 is 23.2 Å². The zero-order valence-corrected chi connectivity index (χ0v) is 13.6. The van der Waals surface area contributed by atoms with Gasteiger partial charge in [-0.25, -0.2) is 0 Å². The monoisotopic (exact) mass is 317 g/mol. The van der Waals surface area contributed by atoms with Crippen molar-refractivity contribution in [3.05, 3.63) is 69.8 Å². The number of fused-ring (bicyclic) bond motifs is 1. The summed E-state index contributed by atoms with van der Waals surface area (Å²) in [5, 5.41) is 2.41. The van der Waals surface area contributed by atoms with Crippen LogP contribution in [0, 0.1) is 0 Å². The van der Waals surface area contributed by atoms with Crippen LogP contribution in [0.15, 0.2) is 48.7 Å². The van der Waals surface area contributed by atoms with Crippen molar-refractivity contribution in [3.63, 3.8) is 0 Å². The van der Waals surface area contributed by atoms with Gasteiger partial charge in [0.2, 0.25) is 0 Å². The van der Waals surface area contributed by atoms with E-state index in [1.165, 1.54) is 11.1 Å². The minimum atomic E-state index is 0.559. The topological polar surface area (TPSA) is 4.93 Å². The molecule has 2 aromatic carbocycles. The van der Waals surface area contributed by atoms with E-state index < -0.39 is 0 Å². The molecule has 0 radical (unpaired) electrons. The predicted molar refractivity (Wildman–Crippen MR) is 91.6 cm³/mol. The SMILES string of the molecule is CC(C)c1ccc(Cn2ccc3c(Cl)cc(Cl)cc32)cc1. The summed E-state index contributed by atoms with van der Waals surface area (Å²) >= 11 is 12.4. The van der Waals surface area contributed by atoms with Gasteiger partial charge in [0.15, 0.2) is 0 Å². The van der Waals surface area contributed by atoms with E-state index in [-0.39, 0.29) is 0 Å². The zero-order valence-electron chi connectivity index (χ0n) is 12.1. The molecule has 3 rings (SSSR count). The van der Waals surface area contributed by atoms with Crippen LogP contribution in [0.3, 0.4) is 0 Å². The normalized spacial score (nSPS) is 11.5. The Hall–Kier alpha value is -1.44. The van der Waals surface area contributed by atoms with Crippen LogP contribution in [-0.2, 0) is 6.54 Å². The lowest BCUT2D eigenvalue weighted by atomic mass is 10.0. The van der Waals surface area contributed by atoms with E-state index in [9.17, 15) is 0 Å². The van der Waals surface area contributed by atoms with E-state index in [0.717, 1.165) is 17.4 Å². The molecule has 0 aliphatic heterocycles. The average molecular weight is 318 g/mol. The molecule has 0 N–H and O–H groups in total. The second-order valence-electron chi connectivity index (χ2n) is 5.66. The number of aromatic nitrogens is 1. The summed E-state index contributed by atoms with van der Waals surface area (Å²) in [5.41, 5.74) is 3.70. The van der Waals surface area contributed by atoms with Gasteiger partial charge in [-0.3, -0.25) is 0 Å². The quantitative estimate of drug-likeness (QED) is 0.548. The van der Waals surface area contributed by atoms with Crippen molar-refractivity contribution < 1.29 is 0 Å². The average Bonchev–Trinajstić information content (AvgIpc) is 2.83. The molecule has 3 heteroatoms. The van der Waals surface area contributed by atoms with E-state index in [0.29, 0.717) is 16.0 Å². The molecule has 0 amide bonds. The van der Waals surface area contributed by atoms with Crippen LogP contribution in [0.5, 0.6) is 0 Å². The molecule has 0 bridgehead atoms. The van der Waals surface area contributed by atoms with Gasteiger partial charge < -0.3 is 4.57 Å². The van der Waals surface area contributed by atoms with E-state index in [1.54, 1.807) is 6.07 Å². The fraction of sp³-hybridized carbons (Fsp3) is 0.222. The molecule has 0 unspecified atom stereocenters. The molecule has 1 nitrogen and oxygen atoms in total. The Labute approximate surface area is 135 Å². The first-order valence-corrected chi connectivity index (χ1v) is 7.83. The van der Waals surface area contributed by atoms with E-state index in [1.807, 2.05) is 12.1 Å². The van der Waals surface area contributed by atoms with Crippen molar-refractivity contribution in [2.45, 2.75) is 26.3 Å². The summed E-state index contributed by atoms with van der Waals surface area (Å²) < 4.78 is 2.18. The fourth-order valence-corrected chi connectivity index (χ4v) is 3.11. The number of hydrogen-bond acceptors (Lipinski definition) is 0. The Balaban J connectivity index is 1.94. The molecule has 0 atom stereocenters. The first-order chi connectivity index (χ1) is 10.0. The third-order valence-electron chi connectivity index (χ3n) is 3.80.